The van der Waals surface area contributed by atoms with Crippen LogP contribution in [0.5, 0.6) is 0 Å². The molecule has 1 aliphatic rings. The largest absolute Gasteiger partial charge is 0.392 e. The van der Waals surface area contributed by atoms with Gasteiger partial charge in [0, 0.05) is 6.42 Å². The molecule has 1 N–H and O–H groups in total. The number of aliphatic hydroxyl groups is 1. The van der Waals surface area contributed by atoms with Crippen molar-refractivity contribution in [3.63, 3.8) is 0 Å². The van der Waals surface area contributed by atoms with E-state index in [0.29, 0.717) is 0 Å². The van der Waals surface area contributed by atoms with Gasteiger partial charge in [0.2, 0.25) is 11.8 Å². The van der Waals surface area contributed by atoms with Crippen LogP contribution < -0.4 is 0 Å². The maximum absolute atomic E-state index is 13.5. The van der Waals surface area contributed by atoms with Crippen molar-refractivity contribution in [2.24, 2.45) is 11.8 Å². The molecule has 1 saturated heterocycles. The molecule has 1 fully saturated rings. The second-order valence-corrected chi connectivity index (χ2v) is 8.34. The van der Waals surface area contributed by atoms with E-state index >= 15 is 0 Å². The number of carbonyl (C=O) groups is 3. The lowest BCUT2D eigenvalue weighted by atomic mass is 9.90. The number of amides is 4. The van der Waals surface area contributed by atoms with Crippen molar-refractivity contribution >= 4 is 17.8 Å². The van der Waals surface area contributed by atoms with Crippen LogP contribution in [0, 0.1) is 11.8 Å². The van der Waals surface area contributed by atoms with E-state index in [1.807, 2.05) is 74.5 Å². The number of hydrogen-bond acceptors (Lipinski definition) is 4. The minimum atomic E-state index is -0.900. The van der Waals surface area contributed by atoms with Gasteiger partial charge in [0.25, 0.3) is 0 Å². The van der Waals surface area contributed by atoms with Gasteiger partial charge in [-0.15, -0.1) is 0 Å². The van der Waals surface area contributed by atoms with Crippen LogP contribution in [0.4, 0.5) is 4.79 Å². The summed E-state index contributed by atoms with van der Waals surface area (Å²) in [6.07, 6.45) is -0.759. The molecule has 0 aliphatic carbocycles. The third kappa shape index (κ3) is 4.26. The van der Waals surface area contributed by atoms with E-state index in [1.165, 1.54) is 9.80 Å². The second kappa shape index (κ2) is 9.43. The first-order chi connectivity index (χ1) is 14.8. The normalized spacial score (nSPS) is 20.8. The molecule has 31 heavy (non-hydrogen) atoms. The summed E-state index contributed by atoms with van der Waals surface area (Å²) in [6, 6.07) is 16.6. The average Bonchev–Trinajstić information content (AvgIpc) is 3.10. The van der Waals surface area contributed by atoms with Gasteiger partial charge in [-0.1, -0.05) is 88.4 Å². The van der Waals surface area contributed by atoms with Gasteiger partial charge < -0.3 is 5.11 Å². The van der Waals surface area contributed by atoms with Crippen LogP contribution >= 0.6 is 0 Å². The van der Waals surface area contributed by atoms with Crippen molar-refractivity contribution in [1.82, 2.24) is 9.80 Å². The fourth-order valence-electron chi connectivity index (χ4n) is 4.21. The smallest absolute Gasteiger partial charge is 0.334 e. The molecule has 0 unspecified atom stereocenters. The number of nitrogens with zero attached hydrogens (tertiary/aromatic N) is 2. The highest BCUT2D eigenvalue weighted by atomic mass is 16.3. The van der Waals surface area contributed by atoms with Gasteiger partial charge >= 0.3 is 6.03 Å². The maximum atomic E-state index is 13.5. The van der Waals surface area contributed by atoms with Crippen molar-refractivity contribution in [1.29, 1.82) is 0 Å². The van der Waals surface area contributed by atoms with Crippen molar-refractivity contribution in [3.8, 4) is 0 Å². The summed E-state index contributed by atoms with van der Waals surface area (Å²) in [5.41, 5.74) is 1.54. The van der Waals surface area contributed by atoms with Gasteiger partial charge in [0.1, 0.15) is 0 Å². The van der Waals surface area contributed by atoms with Crippen LogP contribution in [0.2, 0.25) is 0 Å². The number of imide groups is 2. The zero-order valence-electron chi connectivity index (χ0n) is 18.4. The number of urea groups is 1. The van der Waals surface area contributed by atoms with Crippen LogP contribution in [0.1, 0.15) is 57.3 Å². The Hall–Kier alpha value is -2.99. The molecule has 0 aromatic heterocycles. The number of rotatable bonds is 6. The van der Waals surface area contributed by atoms with Crippen molar-refractivity contribution in [2.75, 3.05) is 0 Å². The Morgan fingerprint density at radius 3 is 1.74 bits per heavy atom. The number of aliphatic hydroxyl groups excluding tert-OH is 1. The monoisotopic (exact) mass is 422 g/mol. The van der Waals surface area contributed by atoms with Crippen LogP contribution in [-0.4, -0.2) is 38.9 Å². The molecule has 6 heteroatoms. The second-order valence-electron chi connectivity index (χ2n) is 8.34. The predicted molar refractivity (Wildman–Crippen MR) is 118 cm³/mol. The molecule has 164 valence electrons. The Labute approximate surface area is 183 Å². The van der Waals surface area contributed by atoms with Gasteiger partial charge in [-0.2, -0.15) is 0 Å². The summed E-state index contributed by atoms with van der Waals surface area (Å²) < 4.78 is 0. The third-order valence-electron chi connectivity index (χ3n) is 5.94. The highest BCUT2D eigenvalue weighted by Gasteiger charge is 2.53. The Morgan fingerprint density at radius 2 is 1.32 bits per heavy atom. The van der Waals surface area contributed by atoms with E-state index in [4.69, 9.17) is 0 Å². The maximum Gasteiger partial charge on any atom is 0.334 e. The molecule has 0 saturated carbocycles. The van der Waals surface area contributed by atoms with Crippen LogP contribution in [-0.2, 0) is 9.59 Å². The molecule has 6 nitrogen and oxygen atoms in total. The molecule has 2 aromatic carbocycles. The summed E-state index contributed by atoms with van der Waals surface area (Å²) >= 11 is 0. The summed E-state index contributed by atoms with van der Waals surface area (Å²) in [4.78, 5) is 42.3. The summed E-state index contributed by atoms with van der Waals surface area (Å²) in [5, 5.41) is 10.5. The summed E-state index contributed by atoms with van der Waals surface area (Å²) in [5.74, 6) is -1.76. The van der Waals surface area contributed by atoms with Gasteiger partial charge in [-0.3, -0.25) is 19.4 Å². The molecule has 4 atom stereocenters. The molecule has 1 heterocycles. The fraction of sp³-hybridized carbons (Fsp3) is 0.400. The molecule has 3 rings (SSSR count). The van der Waals surface area contributed by atoms with E-state index in [-0.39, 0.29) is 18.2 Å². The molecule has 0 spiro atoms. The lowest BCUT2D eigenvalue weighted by molar-refractivity contribution is -0.137. The van der Waals surface area contributed by atoms with Gasteiger partial charge in [-0.05, 0) is 17.0 Å². The van der Waals surface area contributed by atoms with Crippen molar-refractivity contribution in [3.05, 3.63) is 71.8 Å². The van der Waals surface area contributed by atoms with E-state index in [9.17, 15) is 19.5 Å². The number of benzene rings is 2. The quantitative estimate of drug-likeness (QED) is 0.752. The molecule has 2 aromatic rings. The van der Waals surface area contributed by atoms with Crippen LogP contribution in [0.15, 0.2) is 60.7 Å². The van der Waals surface area contributed by atoms with Crippen molar-refractivity contribution < 1.29 is 19.5 Å². The Kier molecular flexibility index (Phi) is 6.91. The van der Waals surface area contributed by atoms with Crippen LogP contribution in [0.25, 0.3) is 0 Å². The van der Waals surface area contributed by atoms with Gasteiger partial charge in [-0.25, -0.2) is 4.79 Å². The first kappa shape index (κ1) is 22.7. The topological polar surface area (TPSA) is 77.9 Å². The van der Waals surface area contributed by atoms with Gasteiger partial charge in [0.15, 0.2) is 0 Å². The third-order valence-corrected chi connectivity index (χ3v) is 5.94. The van der Waals surface area contributed by atoms with E-state index in [0.717, 1.165) is 11.1 Å². The minimum Gasteiger partial charge on any atom is -0.392 e. The molecule has 1 aliphatic heterocycles. The van der Waals surface area contributed by atoms with E-state index in [2.05, 4.69) is 0 Å². The van der Waals surface area contributed by atoms with E-state index in [1.54, 1.807) is 13.8 Å². The standard InChI is InChI=1S/C25H30N2O4/c1-5-20(28)26-21(18-12-8-6-9-13-18)22(19-14-10-7-11-15-19)27(25(26)31)24(30)17(4)23(29)16(2)3/h6-17,21-23,29H,5H2,1-4H3/t17-,21-,22-,23+/m1/s1. The lowest BCUT2D eigenvalue weighted by Crippen LogP contribution is -2.45. The minimum absolute atomic E-state index is 0.142. The Balaban J connectivity index is 2.17. The lowest BCUT2D eigenvalue weighted by Gasteiger charge is -2.30. The van der Waals surface area contributed by atoms with Crippen molar-refractivity contribution in [2.45, 2.75) is 52.3 Å². The molecule has 0 radical (unpaired) electrons. The van der Waals surface area contributed by atoms with E-state index < -0.39 is 36.0 Å². The SMILES string of the molecule is CCC(=O)N1C(=O)N(C(=O)[C@H](C)[C@@H](O)C(C)C)[C@H](c2ccccc2)[C@H]1c1ccccc1. The first-order valence-electron chi connectivity index (χ1n) is 10.8. The van der Waals surface area contributed by atoms with Gasteiger partial charge in [0.05, 0.1) is 24.1 Å². The predicted octanol–water partition coefficient (Wildman–Crippen LogP) is 4.32. The average molecular weight is 423 g/mol. The molecule has 4 amide bonds. The number of hydrogen-bond donors (Lipinski definition) is 1. The Morgan fingerprint density at radius 1 is 0.871 bits per heavy atom. The zero-order valence-corrected chi connectivity index (χ0v) is 18.4. The molecular formula is C25H30N2O4. The summed E-state index contributed by atoms with van der Waals surface area (Å²) in [6.45, 7) is 6.98. The number of carbonyl (C=O) groups excluding carboxylic acids is 3. The zero-order chi connectivity index (χ0) is 22.7. The first-order valence-corrected chi connectivity index (χ1v) is 10.8. The summed E-state index contributed by atoms with van der Waals surface area (Å²) in [7, 11) is 0. The molecule has 0 bridgehead atoms. The Bertz CT molecular complexity index is 929. The van der Waals surface area contributed by atoms with Crippen LogP contribution in [0.3, 0.4) is 0 Å². The highest BCUT2D eigenvalue weighted by Crippen LogP contribution is 2.46. The molecular weight excluding hydrogens is 392 g/mol. The highest BCUT2D eigenvalue weighted by molar-refractivity contribution is 6.05. The fourth-order valence-corrected chi connectivity index (χ4v) is 4.21.